The van der Waals surface area contributed by atoms with Crippen LogP contribution in [0.5, 0.6) is 0 Å². The Balaban J connectivity index is 2.76. The van der Waals surface area contributed by atoms with E-state index in [2.05, 4.69) is 17.7 Å². The minimum Gasteiger partial charge on any atom is -0.478 e. The monoisotopic (exact) mass is 249 g/mol. The second-order valence-electron chi connectivity index (χ2n) is 3.88. The van der Waals surface area contributed by atoms with Crippen molar-refractivity contribution in [2.45, 2.75) is 19.2 Å². The predicted molar refractivity (Wildman–Crippen MR) is 71.8 cm³/mol. The fourth-order valence-corrected chi connectivity index (χ4v) is 2.67. The number of benzene rings is 1. The van der Waals surface area contributed by atoms with Gasteiger partial charge in [0.05, 0.1) is 5.56 Å². The van der Waals surface area contributed by atoms with E-state index in [1.807, 2.05) is 12.3 Å². The fraction of sp³-hybridized carbons (Fsp3) is 0.308. The van der Waals surface area contributed by atoms with Crippen molar-refractivity contribution in [1.82, 2.24) is 4.57 Å². The first-order chi connectivity index (χ1) is 8.19. The average molecular weight is 249 g/mol. The lowest BCUT2D eigenvalue weighted by molar-refractivity contribution is 0.0699. The number of hydrogen-bond donors (Lipinski definition) is 1. The summed E-state index contributed by atoms with van der Waals surface area (Å²) < 4.78 is 2.10. The van der Waals surface area contributed by atoms with Gasteiger partial charge in [0.25, 0.3) is 0 Å². The summed E-state index contributed by atoms with van der Waals surface area (Å²) in [7, 11) is 0. The van der Waals surface area contributed by atoms with Gasteiger partial charge in [-0.25, -0.2) is 4.79 Å². The number of carboxylic acid groups (broad SMARTS) is 1. The first-order valence-corrected chi connectivity index (χ1v) is 6.91. The van der Waals surface area contributed by atoms with E-state index in [0.717, 1.165) is 28.8 Å². The van der Waals surface area contributed by atoms with Crippen LogP contribution in [0.15, 0.2) is 24.4 Å². The van der Waals surface area contributed by atoms with E-state index in [1.165, 1.54) is 0 Å². The molecule has 0 radical (unpaired) electrons. The summed E-state index contributed by atoms with van der Waals surface area (Å²) in [6.45, 7) is 2.92. The highest BCUT2D eigenvalue weighted by Crippen LogP contribution is 2.27. The van der Waals surface area contributed by atoms with Crippen molar-refractivity contribution in [3.05, 3.63) is 35.5 Å². The van der Waals surface area contributed by atoms with E-state index in [9.17, 15) is 9.90 Å². The topological polar surface area (TPSA) is 42.2 Å². The molecule has 2 aromatic rings. The minimum absolute atomic E-state index is 0.402. The zero-order valence-corrected chi connectivity index (χ0v) is 10.8. The summed E-state index contributed by atoms with van der Waals surface area (Å²) in [6.07, 6.45) is 4.09. The third-order valence-corrected chi connectivity index (χ3v) is 3.46. The molecule has 0 aliphatic heterocycles. The fourth-order valence-electron chi connectivity index (χ4n) is 2.14. The second kappa shape index (κ2) is 4.84. The van der Waals surface area contributed by atoms with Crippen LogP contribution in [0.4, 0.5) is 0 Å². The van der Waals surface area contributed by atoms with E-state index in [4.69, 9.17) is 0 Å². The van der Waals surface area contributed by atoms with Gasteiger partial charge < -0.3 is 9.67 Å². The zero-order valence-electron chi connectivity index (χ0n) is 9.93. The molecule has 1 heterocycles. The Kier molecular flexibility index (Phi) is 3.43. The van der Waals surface area contributed by atoms with Crippen LogP contribution in [0, 0.1) is 0 Å². The number of nitrogens with zero attached hydrogens (tertiary/aromatic N) is 1. The van der Waals surface area contributed by atoms with Gasteiger partial charge in [0.15, 0.2) is 0 Å². The van der Waals surface area contributed by atoms with Gasteiger partial charge >= 0.3 is 5.97 Å². The van der Waals surface area contributed by atoms with Crippen LogP contribution in [-0.2, 0) is 12.3 Å². The smallest absolute Gasteiger partial charge is 0.336 e. The molecule has 0 amide bonds. The maximum absolute atomic E-state index is 11.3. The summed E-state index contributed by atoms with van der Waals surface area (Å²) in [6, 6.07) is 5.46. The Hall–Kier alpha value is -1.42. The highest BCUT2D eigenvalue weighted by Gasteiger charge is 2.15. The van der Waals surface area contributed by atoms with Crippen LogP contribution in [0.1, 0.15) is 22.8 Å². The summed E-state index contributed by atoms with van der Waals surface area (Å²) in [5.41, 5.74) is 2.52. The highest BCUT2D eigenvalue weighted by molar-refractivity contribution is 7.97. The van der Waals surface area contributed by atoms with Crippen LogP contribution >= 0.6 is 11.8 Å². The molecule has 2 rings (SSSR count). The van der Waals surface area contributed by atoms with Gasteiger partial charge in [-0.1, -0.05) is 6.07 Å². The Labute approximate surface area is 104 Å². The van der Waals surface area contributed by atoms with E-state index in [0.29, 0.717) is 5.56 Å². The van der Waals surface area contributed by atoms with Crippen LogP contribution in [-0.4, -0.2) is 21.9 Å². The molecule has 1 aromatic heterocycles. The number of aryl methyl sites for hydroxylation is 1. The number of fused-ring (bicyclic) bond motifs is 1. The van der Waals surface area contributed by atoms with Gasteiger partial charge in [-0.3, -0.25) is 0 Å². The molecule has 90 valence electrons. The number of hydrogen-bond acceptors (Lipinski definition) is 2. The van der Waals surface area contributed by atoms with Crippen molar-refractivity contribution in [2.75, 3.05) is 6.26 Å². The SMILES string of the molecule is CCn1cc(CSC)c2c(C(=O)O)cccc21. The molecule has 0 spiro atoms. The molecule has 0 atom stereocenters. The standard InChI is InChI=1S/C13H15NO2S/c1-3-14-7-9(8-17-2)12-10(13(15)16)5-4-6-11(12)14/h4-7H,3,8H2,1-2H3,(H,15,16). The minimum atomic E-state index is -0.855. The number of carbonyl (C=O) groups is 1. The van der Waals surface area contributed by atoms with Crippen molar-refractivity contribution in [3.63, 3.8) is 0 Å². The van der Waals surface area contributed by atoms with E-state index in [1.54, 1.807) is 23.9 Å². The van der Waals surface area contributed by atoms with Crippen LogP contribution < -0.4 is 0 Å². The van der Waals surface area contributed by atoms with Crippen molar-refractivity contribution in [1.29, 1.82) is 0 Å². The summed E-state index contributed by atoms with van der Waals surface area (Å²) >= 11 is 1.71. The maximum Gasteiger partial charge on any atom is 0.336 e. The van der Waals surface area contributed by atoms with E-state index in [-0.39, 0.29) is 0 Å². The molecule has 0 fully saturated rings. The van der Waals surface area contributed by atoms with Gasteiger partial charge in [-0.15, -0.1) is 0 Å². The molecule has 0 aliphatic carbocycles. The van der Waals surface area contributed by atoms with Crippen LogP contribution in [0.2, 0.25) is 0 Å². The predicted octanol–water partition coefficient (Wildman–Crippen LogP) is 3.22. The molecule has 17 heavy (non-hydrogen) atoms. The first kappa shape index (κ1) is 12.0. The molecule has 1 N–H and O–H groups in total. The summed E-state index contributed by atoms with van der Waals surface area (Å²) in [5.74, 6) is -0.0137. The van der Waals surface area contributed by atoms with Gasteiger partial charge in [0, 0.05) is 29.4 Å². The highest BCUT2D eigenvalue weighted by atomic mass is 32.2. The maximum atomic E-state index is 11.3. The number of aromatic carboxylic acids is 1. The van der Waals surface area contributed by atoms with Crippen molar-refractivity contribution in [3.8, 4) is 0 Å². The quantitative estimate of drug-likeness (QED) is 0.904. The second-order valence-corrected chi connectivity index (χ2v) is 4.74. The van der Waals surface area contributed by atoms with Gasteiger partial charge in [0.2, 0.25) is 0 Å². The summed E-state index contributed by atoms with van der Waals surface area (Å²) in [4.78, 5) is 11.3. The third-order valence-electron chi connectivity index (χ3n) is 2.86. The number of thioether (sulfide) groups is 1. The Morgan fingerprint density at radius 3 is 2.82 bits per heavy atom. The molecule has 3 nitrogen and oxygen atoms in total. The van der Waals surface area contributed by atoms with Crippen molar-refractivity contribution < 1.29 is 9.90 Å². The molecular formula is C13H15NO2S. The lowest BCUT2D eigenvalue weighted by Crippen LogP contribution is -1.98. The van der Waals surface area contributed by atoms with Gasteiger partial charge in [0.1, 0.15) is 0 Å². The lowest BCUT2D eigenvalue weighted by Gasteiger charge is -2.02. The Morgan fingerprint density at radius 1 is 1.47 bits per heavy atom. The number of carboxylic acids is 1. The molecule has 0 bridgehead atoms. The lowest BCUT2D eigenvalue weighted by atomic mass is 10.1. The largest absolute Gasteiger partial charge is 0.478 e. The normalized spacial score (nSPS) is 10.9. The summed E-state index contributed by atoms with van der Waals surface area (Å²) in [5, 5.41) is 10.1. The van der Waals surface area contributed by atoms with Gasteiger partial charge in [-0.05, 0) is 30.9 Å². The molecule has 0 saturated heterocycles. The number of aromatic nitrogens is 1. The van der Waals surface area contributed by atoms with Crippen molar-refractivity contribution >= 4 is 28.6 Å². The van der Waals surface area contributed by atoms with E-state index >= 15 is 0 Å². The van der Waals surface area contributed by atoms with Gasteiger partial charge in [-0.2, -0.15) is 11.8 Å². The third kappa shape index (κ3) is 2.05. The molecule has 0 unspecified atom stereocenters. The van der Waals surface area contributed by atoms with Crippen LogP contribution in [0.25, 0.3) is 10.9 Å². The number of rotatable bonds is 4. The Morgan fingerprint density at radius 2 is 2.24 bits per heavy atom. The molecule has 1 aromatic carbocycles. The Bertz CT molecular complexity index is 560. The first-order valence-electron chi connectivity index (χ1n) is 5.52. The van der Waals surface area contributed by atoms with Crippen LogP contribution in [0.3, 0.4) is 0 Å². The molecule has 0 aliphatic rings. The molecular weight excluding hydrogens is 234 g/mol. The van der Waals surface area contributed by atoms with E-state index < -0.39 is 5.97 Å². The zero-order chi connectivity index (χ0) is 12.4. The molecule has 4 heteroatoms. The molecule has 0 saturated carbocycles. The van der Waals surface area contributed by atoms with Crippen molar-refractivity contribution in [2.24, 2.45) is 0 Å². The average Bonchev–Trinajstić information content (AvgIpc) is 2.68.